The van der Waals surface area contributed by atoms with Gasteiger partial charge in [-0.15, -0.1) is 10.2 Å². The zero-order valence-corrected chi connectivity index (χ0v) is 10.5. The smallest absolute Gasteiger partial charge is 0.250 e. The highest BCUT2D eigenvalue weighted by Gasteiger charge is 2.17. The SMILES string of the molecule is CCNC(CC)c1nnc(-c2ccccc2F)o1. The van der Waals surface area contributed by atoms with Crippen LogP contribution in [0.1, 0.15) is 32.2 Å². The third-order valence-electron chi connectivity index (χ3n) is 2.70. The number of rotatable bonds is 5. The molecule has 0 aliphatic rings. The molecular formula is C13H16FN3O. The molecule has 2 aromatic rings. The highest BCUT2D eigenvalue weighted by Crippen LogP contribution is 2.24. The van der Waals surface area contributed by atoms with Crippen LogP contribution in [-0.4, -0.2) is 16.7 Å². The van der Waals surface area contributed by atoms with Crippen LogP contribution >= 0.6 is 0 Å². The summed E-state index contributed by atoms with van der Waals surface area (Å²) in [5, 5.41) is 11.1. The summed E-state index contributed by atoms with van der Waals surface area (Å²) in [6.45, 7) is 4.85. The zero-order chi connectivity index (χ0) is 13.0. The predicted molar refractivity (Wildman–Crippen MR) is 66.4 cm³/mol. The molecule has 0 radical (unpaired) electrons. The Morgan fingerprint density at radius 3 is 2.72 bits per heavy atom. The fourth-order valence-electron chi connectivity index (χ4n) is 1.77. The van der Waals surface area contributed by atoms with Crippen molar-refractivity contribution >= 4 is 0 Å². The first kappa shape index (κ1) is 12.7. The first-order valence-electron chi connectivity index (χ1n) is 6.08. The van der Waals surface area contributed by atoms with Gasteiger partial charge in [-0.25, -0.2) is 4.39 Å². The molecule has 0 saturated carbocycles. The number of nitrogens with one attached hydrogen (secondary N) is 1. The summed E-state index contributed by atoms with van der Waals surface area (Å²) in [6, 6.07) is 6.39. The topological polar surface area (TPSA) is 51.0 Å². The highest BCUT2D eigenvalue weighted by molar-refractivity contribution is 5.53. The van der Waals surface area contributed by atoms with Crippen LogP contribution in [0.15, 0.2) is 28.7 Å². The maximum absolute atomic E-state index is 13.6. The lowest BCUT2D eigenvalue weighted by atomic mass is 10.2. The summed E-state index contributed by atoms with van der Waals surface area (Å²) < 4.78 is 19.1. The van der Waals surface area contributed by atoms with Crippen molar-refractivity contribution in [3.8, 4) is 11.5 Å². The molecule has 0 aliphatic heterocycles. The minimum absolute atomic E-state index is 0.0167. The van der Waals surface area contributed by atoms with Crippen molar-refractivity contribution in [3.63, 3.8) is 0 Å². The van der Waals surface area contributed by atoms with Gasteiger partial charge < -0.3 is 9.73 Å². The molecule has 1 aromatic carbocycles. The van der Waals surface area contributed by atoms with Crippen molar-refractivity contribution in [2.24, 2.45) is 0 Å². The van der Waals surface area contributed by atoms with Gasteiger partial charge in [0.05, 0.1) is 11.6 Å². The molecule has 5 heteroatoms. The third-order valence-corrected chi connectivity index (χ3v) is 2.70. The van der Waals surface area contributed by atoms with Crippen molar-refractivity contribution in [3.05, 3.63) is 36.0 Å². The molecule has 0 spiro atoms. The van der Waals surface area contributed by atoms with Gasteiger partial charge in [0.2, 0.25) is 5.89 Å². The molecule has 0 fully saturated rings. The van der Waals surface area contributed by atoms with Crippen LogP contribution in [0.2, 0.25) is 0 Å². The molecule has 1 N–H and O–H groups in total. The van der Waals surface area contributed by atoms with E-state index in [9.17, 15) is 4.39 Å². The Balaban J connectivity index is 2.28. The number of nitrogens with zero attached hydrogens (tertiary/aromatic N) is 2. The first-order valence-corrected chi connectivity index (χ1v) is 6.08. The van der Waals surface area contributed by atoms with Crippen LogP contribution in [0.25, 0.3) is 11.5 Å². The summed E-state index contributed by atoms with van der Waals surface area (Å²) in [5.74, 6) is 0.362. The largest absolute Gasteiger partial charge is 0.419 e. The molecular weight excluding hydrogens is 233 g/mol. The van der Waals surface area contributed by atoms with Crippen molar-refractivity contribution in [2.45, 2.75) is 26.3 Å². The monoisotopic (exact) mass is 249 g/mol. The lowest BCUT2D eigenvalue weighted by Crippen LogP contribution is -2.20. The van der Waals surface area contributed by atoms with Gasteiger partial charge in [0.15, 0.2) is 0 Å². The molecule has 1 atom stereocenters. The van der Waals surface area contributed by atoms with Gasteiger partial charge in [0.1, 0.15) is 5.82 Å². The number of benzene rings is 1. The number of hydrogen-bond donors (Lipinski definition) is 1. The minimum atomic E-state index is -0.357. The summed E-state index contributed by atoms with van der Waals surface area (Å²) in [7, 11) is 0. The van der Waals surface area contributed by atoms with Gasteiger partial charge in [0.25, 0.3) is 5.89 Å². The lowest BCUT2D eigenvalue weighted by Gasteiger charge is -2.10. The highest BCUT2D eigenvalue weighted by atomic mass is 19.1. The van der Waals surface area contributed by atoms with Crippen LogP contribution < -0.4 is 5.32 Å². The molecule has 0 bridgehead atoms. The first-order chi connectivity index (χ1) is 8.76. The summed E-state index contributed by atoms with van der Waals surface area (Å²) in [4.78, 5) is 0. The van der Waals surface area contributed by atoms with Gasteiger partial charge in [-0.3, -0.25) is 0 Å². The lowest BCUT2D eigenvalue weighted by molar-refractivity contribution is 0.401. The maximum atomic E-state index is 13.6. The van der Waals surface area contributed by atoms with Crippen molar-refractivity contribution in [1.82, 2.24) is 15.5 Å². The fraction of sp³-hybridized carbons (Fsp3) is 0.385. The minimum Gasteiger partial charge on any atom is -0.419 e. The molecule has 18 heavy (non-hydrogen) atoms. The van der Waals surface area contributed by atoms with Crippen molar-refractivity contribution in [2.75, 3.05) is 6.54 Å². The molecule has 0 aliphatic carbocycles. The van der Waals surface area contributed by atoms with E-state index < -0.39 is 0 Å². The van der Waals surface area contributed by atoms with E-state index in [0.29, 0.717) is 11.5 Å². The average molecular weight is 249 g/mol. The van der Waals surface area contributed by atoms with E-state index in [1.165, 1.54) is 6.07 Å². The van der Waals surface area contributed by atoms with Gasteiger partial charge in [0, 0.05) is 0 Å². The Kier molecular flexibility index (Phi) is 4.04. The van der Waals surface area contributed by atoms with Crippen LogP contribution in [0.4, 0.5) is 4.39 Å². The van der Waals surface area contributed by atoms with Gasteiger partial charge in [-0.1, -0.05) is 26.0 Å². The number of aromatic nitrogens is 2. The molecule has 1 heterocycles. The maximum Gasteiger partial charge on any atom is 0.250 e. The van der Waals surface area contributed by atoms with E-state index in [4.69, 9.17) is 4.42 Å². The normalized spacial score (nSPS) is 12.6. The number of hydrogen-bond acceptors (Lipinski definition) is 4. The summed E-state index contributed by atoms with van der Waals surface area (Å²) in [5.41, 5.74) is 0.336. The Bertz CT molecular complexity index is 512. The second-order valence-electron chi connectivity index (χ2n) is 3.94. The Morgan fingerprint density at radius 1 is 1.28 bits per heavy atom. The van der Waals surface area contributed by atoms with E-state index in [1.54, 1.807) is 18.2 Å². The Labute approximate surface area is 105 Å². The Hall–Kier alpha value is -1.75. The van der Waals surface area contributed by atoms with Gasteiger partial charge in [-0.05, 0) is 25.1 Å². The van der Waals surface area contributed by atoms with E-state index in [2.05, 4.69) is 15.5 Å². The fourth-order valence-corrected chi connectivity index (χ4v) is 1.77. The standard InChI is InChI=1S/C13H16FN3O/c1-3-11(15-4-2)13-17-16-12(18-13)9-7-5-6-8-10(9)14/h5-8,11,15H,3-4H2,1-2H3. The van der Waals surface area contributed by atoms with Gasteiger partial charge in [-0.2, -0.15) is 0 Å². The molecule has 0 saturated heterocycles. The van der Waals surface area contributed by atoms with Crippen molar-refractivity contribution in [1.29, 1.82) is 0 Å². The van der Waals surface area contributed by atoms with Crippen LogP contribution in [0.3, 0.4) is 0 Å². The van der Waals surface area contributed by atoms with E-state index in [1.807, 2.05) is 13.8 Å². The predicted octanol–water partition coefficient (Wildman–Crippen LogP) is 2.94. The quantitative estimate of drug-likeness (QED) is 0.885. The zero-order valence-electron chi connectivity index (χ0n) is 10.5. The summed E-state index contributed by atoms with van der Waals surface area (Å²) >= 11 is 0. The molecule has 1 aromatic heterocycles. The van der Waals surface area contributed by atoms with E-state index in [0.717, 1.165) is 13.0 Å². The van der Waals surface area contributed by atoms with Crippen LogP contribution in [0, 0.1) is 5.82 Å². The molecule has 0 amide bonds. The Morgan fingerprint density at radius 2 is 2.06 bits per heavy atom. The second kappa shape index (κ2) is 5.73. The third kappa shape index (κ3) is 2.56. The molecule has 1 unspecified atom stereocenters. The van der Waals surface area contributed by atoms with E-state index >= 15 is 0 Å². The summed E-state index contributed by atoms with van der Waals surface area (Å²) in [6.07, 6.45) is 0.840. The van der Waals surface area contributed by atoms with Crippen LogP contribution in [0.5, 0.6) is 0 Å². The average Bonchev–Trinajstić information content (AvgIpc) is 2.85. The van der Waals surface area contributed by atoms with Gasteiger partial charge >= 0.3 is 0 Å². The van der Waals surface area contributed by atoms with Crippen LogP contribution in [-0.2, 0) is 0 Å². The second-order valence-corrected chi connectivity index (χ2v) is 3.94. The van der Waals surface area contributed by atoms with Crippen molar-refractivity contribution < 1.29 is 8.81 Å². The number of halogens is 1. The molecule has 96 valence electrons. The molecule has 2 rings (SSSR count). The van der Waals surface area contributed by atoms with E-state index in [-0.39, 0.29) is 17.7 Å². The molecule has 4 nitrogen and oxygen atoms in total.